The molecule has 0 radical (unpaired) electrons. The van der Waals surface area contributed by atoms with Crippen molar-refractivity contribution < 1.29 is 5.11 Å². The minimum atomic E-state index is -0.963. The second kappa shape index (κ2) is 9.88. The number of likely N-dealkylation sites (N-methyl/N-ethyl adjacent to an activating group) is 1. The number of benzene rings is 1. The molecule has 0 spiro atoms. The molecule has 4 heterocycles. The van der Waals surface area contributed by atoms with Crippen LogP contribution in [0.15, 0.2) is 47.9 Å². The van der Waals surface area contributed by atoms with Gasteiger partial charge in [0.15, 0.2) is 11.5 Å². The topological polar surface area (TPSA) is 101 Å². The Morgan fingerprint density at radius 1 is 1.12 bits per heavy atom. The quantitative estimate of drug-likeness (QED) is 0.308. The van der Waals surface area contributed by atoms with Gasteiger partial charge in [-0.2, -0.15) is 4.98 Å². The first-order chi connectivity index (χ1) is 20.3. The molecule has 3 aromatic heterocycles. The molecule has 7 rings (SSSR count). The van der Waals surface area contributed by atoms with Crippen molar-refractivity contribution >= 4 is 22.7 Å². The third kappa shape index (κ3) is 4.13. The molecule has 0 amide bonds. The van der Waals surface area contributed by atoms with Crippen LogP contribution in [0.1, 0.15) is 74.4 Å². The summed E-state index contributed by atoms with van der Waals surface area (Å²) < 4.78 is 3.32. The summed E-state index contributed by atoms with van der Waals surface area (Å²) in [6.45, 7) is 13.9. The minimum absolute atomic E-state index is 0.196. The van der Waals surface area contributed by atoms with Crippen LogP contribution in [0.2, 0.25) is 0 Å². The molecule has 1 aromatic carbocycles. The molecule has 4 aromatic rings. The van der Waals surface area contributed by atoms with E-state index in [9.17, 15) is 9.90 Å². The highest BCUT2D eigenvalue weighted by atomic mass is 16.3. The molecule has 42 heavy (non-hydrogen) atoms. The Balaban J connectivity index is 1.33. The molecular formula is C33H39N7O2. The lowest BCUT2D eigenvalue weighted by atomic mass is 9.67. The average molecular weight is 566 g/mol. The molecule has 0 saturated carbocycles. The molecule has 1 aliphatic heterocycles. The maximum Gasteiger partial charge on any atom is 0.278 e. The maximum atomic E-state index is 13.5. The second-order valence-electron chi connectivity index (χ2n) is 12.5. The molecule has 3 aliphatic rings. The lowest BCUT2D eigenvalue weighted by molar-refractivity contribution is 0.0306. The summed E-state index contributed by atoms with van der Waals surface area (Å²) in [5.74, 6) is 0.963. The van der Waals surface area contributed by atoms with Crippen LogP contribution < -0.4 is 10.9 Å². The molecule has 218 valence electrons. The van der Waals surface area contributed by atoms with Gasteiger partial charge in [-0.1, -0.05) is 32.9 Å². The predicted octanol–water partition coefficient (Wildman–Crippen LogP) is 4.88. The molecule has 9 heteroatoms. The van der Waals surface area contributed by atoms with Crippen molar-refractivity contribution in [3.8, 4) is 5.82 Å². The molecule has 0 saturated heterocycles. The van der Waals surface area contributed by atoms with Gasteiger partial charge in [-0.05, 0) is 85.5 Å². The van der Waals surface area contributed by atoms with Gasteiger partial charge in [0.25, 0.3) is 5.56 Å². The second-order valence-corrected chi connectivity index (χ2v) is 12.5. The zero-order valence-corrected chi connectivity index (χ0v) is 24.8. The summed E-state index contributed by atoms with van der Waals surface area (Å²) in [5, 5.41) is 15.1. The first kappa shape index (κ1) is 27.0. The van der Waals surface area contributed by atoms with Gasteiger partial charge in [-0.25, -0.2) is 19.3 Å². The lowest BCUT2D eigenvalue weighted by Crippen LogP contribution is -2.45. The van der Waals surface area contributed by atoms with E-state index in [1.54, 1.807) is 21.6 Å². The van der Waals surface area contributed by atoms with E-state index in [2.05, 4.69) is 47.8 Å². The van der Waals surface area contributed by atoms with Gasteiger partial charge < -0.3 is 10.4 Å². The predicted molar refractivity (Wildman–Crippen MR) is 165 cm³/mol. The van der Waals surface area contributed by atoms with Gasteiger partial charge in [-0.15, -0.1) is 6.58 Å². The molecule has 2 aliphatic carbocycles. The van der Waals surface area contributed by atoms with Crippen LogP contribution in [0, 0.1) is 0 Å². The van der Waals surface area contributed by atoms with Gasteiger partial charge in [0, 0.05) is 30.4 Å². The number of aryl methyl sites for hydroxylation is 2. The number of anilines is 2. The first-order valence-corrected chi connectivity index (χ1v) is 15.2. The molecular weight excluding hydrogens is 526 g/mol. The van der Waals surface area contributed by atoms with Crippen molar-refractivity contribution in [3.05, 3.63) is 81.4 Å². The fourth-order valence-corrected chi connectivity index (χ4v) is 7.65. The van der Waals surface area contributed by atoms with Crippen molar-refractivity contribution in [3.63, 3.8) is 0 Å². The summed E-state index contributed by atoms with van der Waals surface area (Å²) >= 11 is 0. The number of pyridine rings is 1. The number of nitrogens with zero attached hydrogens (tertiary/aromatic N) is 6. The van der Waals surface area contributed by atoms with Crippen molar-refractivity contribution in [1.29, 1.82) is 0 Å². The SMILES string of the molecule is C=CCn1c(=O)c2cnc(Nc3cc4c5c(c3)CN(CC)C[C@]5(C)CCC4)nc2n1-c1ccc2c(n1)[C@@](O)(CC)CC2. The van der Waals surface area contributed by atoms with Gasteiger partial charge in [0.2, 0.25) is 5.95 Å². The number of hydrogen-bond donors (Lipinski definition) is 2. The minimum Gasteiger partial charge on any atom is -0.384 e. The fourth-order valence-electron chi connectivity index (χ4n) is 7.65. The third-order valence-corrected chi connectivity index (χ3v) is 9.74. The van der Waals surface area contributed by atoms with Crippen LogP contribution in [0.3, 0.4) is 0 Å². The van der Waals surface area contributed by atoms with E-state index in [1.165, 1.54) is 29.5 Å². The zero-order valence-electron chi connectivity index (χ0n) is 24.8. The summed E-state index contributed by atoms with van der Waals surface area (Å²) in [7, 11) is 0. The number of allylic oxidation sites excluding steroid dienone is 1. The number of rotatable bonds is 7. The standard InChI is InChI=1S/C33H39N7O2/c1-5-15-39-30(41)25-18-34-31(37-29(25)40(39)26-11-10-21-12-14-33(42,6-2)28(21)36-26)35-24-16-22-9-8-13-32(4)20-38(7-3)19-23(17-24)27(22)32/h5,10-11,16-18,42H,1,6-9,12-15,19-20H2,2-4H3,(H,34,35,37)/t32-,33+/m0/s1. The van der Waals surface area contributed by atoms with Crippen molar-refractivity contribution in [2.24, 2.45) is 0 Å². The maximum absolute atomic E-state index is 13.5. The Morgan fingerprint density at radius 3 is 2.74 bits per heavy atom. The Morgan fingerprint density at radius 2 is 1.95 bits per heavy atom. The molecule has 0 bridgehead atoms. The number of hydrogen-bond acceptors (Lipinski definition) is 7. The first-order valence-electron chi connectivity index (χ1n) is 15.2. The molecule has 0 fully saturated rings. The summed E-state index contributed by atoms with van der Waals surface area (Å²) in [4.78, 5) is 30.4. The van der Waals surface area contributed by atoms with Gasteiger partial charge in [0.1, 0.15) is 11.0 Å². The van der Waals surface area contributed by atoms with E-state index in [0.29, 0.717) is 41.3 Å². The monoisotopic (exact) mass is 565 g/mol. The van der Waals surface area contributed by atoms with Gasteiger partial charge in [-0.3, -0.25) is 9.69 Å². The molecule has 9 nitrogen and oxygen atoms in total. The Labute approximate surface area is 245 Å². The van der Waals surface area contributed by atoms with E-state index in [1.807, 2.05) is 19.1 Å². The number of aromatic nitrogens is 5. The van der Waals surface area contributed by atoms with Crippen LogP contribution in [0.25, 0.3) is 16.9 Å². The van der Waals surface area contributed by atoms with Crippen molar-refractivity contribution in [1.82, 2.24) is 29.2 Å². The van der Waals surface area contributed by atoms with E-state index < -0.39 is 5.60 Å². The van der Waals surface area contributed by atoms with Crippen LogP contribution in [0.5, 0.6) is 0 Å². The van der Waals surface area contributed by atoms with Crippen LogP contribution >= 0.6 is 0 Å². The zero-order chi connectivity index (χ0) is 29.2. The Bertz CT molecular complexity index is 1790. The summed E-state index contributed by atoms with van der Waals surface area (Å²) in [5.41, 5.74) is 6.52. The Hall–Kier alpha value is -3.82. The highest BCUT2D eigenvalue weighted by Crippen LogP contribution is 2.45. The van der Waals surface area contributed by atoms with Crippen molar-refractivity contribution in [2.75, 3.05) is 18.4 Å². The highest BCUT2D eigenvalue weighted by Gasteiger charge is 2.39. The van der Waals surface area contributed by atoms with Gasteiger partial charge in [0.05, 0.1) is 12.2 Å². The highest BCUT2D eigenvalue weighted by molar-refractivity contribution is 5.77. The van der Waals surface area contributed by atoms with Crippen LogP contribution in [-0.2, 0) is 36.9 Å². The number of aliphatic hydroxyl groups is 1. The van der Waals surface area contributed by atoms with E-state index >= 15 is 0 Å². The number of fused-ring (bicyclic) bond motifs is 2. The van der Waals surface area contributed by atoms with Gasteiger partial charge >= 0.3 is 0 Å². The average Bonchev–Trinajstić information content (AvgIpc) is 3.46. The number of nitrogens with one attached hydrogen (secondary N) is 1. The van der Waals surface area contributed by atoms with Crippen molar-refractivity contribution in [2.45, 2.75) is 83.4 Å². The lowest BCUT2D eigenvalue weighted by Gasteiger charge is -2.46. The smallest absolute Gasteiger partial charge is 0.278 e. The third-order valence-electron chi connectivity index (χ3n) is 9.74. The van der Waals surface area contributed by atoms with Crippen LogP contribution in [-0.4, -0.2) is 47.4 Å². The van der Waals surface area contributed by atoms with E-state index in [4.69, 9.17) is 9.97 Å². The Kier molecular flexibility index (Phi) is 6.36. The normalized spacial score (nSPS) is 23.1. The van der Waals surface area contributed by atoms with E-state index in [-0.39, 0.29) is 17.5 Å². The van der Waals surface area contributed by atoms with Crippen LogP contribution in [0.4, 0.5) is 11.6 Å². The summed E-state index contributed by atoms with van der Waals surface area (Å²) in [6, 6.07) is 8.42. The molecule has 0 unspecified atom stereocenters. The fraction of sp³-hybridized carbons (Fsp3) is 0.455. The molecule has 2 atom stereocenters. The largest absolute Gasteiger partial charge is 0.384 e. The molecule has 2 N–H and O–H groups in total. The van der Waals surface area contributed by atoms with E-state index in [0.717, 1.165) is 43.7 Å². The summed E-state index contributed by atoms with van der Waals surface area (Å²) in [6.07, 6.45) is 8.79.